The van der Waals surface area contributed by atoms with E-state index in [4.69, 9.17) is 15.3 Å². The van der Waals surface area contributed by atoms with E-state index in [1.54, 1.807) is 0 Å². The third-order valence-corrected chi connectivity index (χ3v) is 10.1. The predicted molar refractivity (Wildman–Crippen MR) is 212 cm³/mol. The van der Waals surface area contributed by atoms with Gasteiger partial charge in [0.25, 0.3) is 0 Å². The van der Waals surface area contributed by atoms with E-state index < -0.39 is 5.54 Å². The Morgan fingerprint density at radius 3 is 1.81 bits per heavy atom. The number of ketones is 1. The van der Waals surface area contributed by atoms with Gasteiger partial charge in [0, 0.05) is 18.4 Å². The molecule has 0 aliphatic rings. The van der Waals surface area contributed by atoms with Crippen molar-refractivity contribution in [2.45, 2.75) is 64.5 Å². The maximum absolute atomic E-state index is 13.1. The lowest BCUT2D eigenvalue weighted by molar-refractivity contribution is 0.0975. The van der Waals surface area contributed by atoms with Crippen molar-refractivity contribution in [3.8, 4) is 28.6 Å². The summed E-state index contributed by atoms with van der Waals surface area (Å²) >= 11 is 0. The van der Waals surface area contributed by atoms with Gasteiger partial charge in [-0.1, -0.05) is 166 Å². The number of carbonyl (C=O) groups is 1. The summed E-state index contributed by atoms with van der Waals surface area (Å²) in [7, 11) is 0. The first-order valence-electron chi connectivity index (χ1n) is 18.8. The molecule has 0 saturated carbocycles. The maximum atomic E-state index is 13.1. The predicted octanol–water partition coefficient (Wildman–Crippen LogP) is 9.68. The minimum atomic E-state index is -0.880. The van der Waals surface area contributed by atoms with E-state index in [0.717, 1.165) is 70.5 Å². The second-order valence-corrected chi connectivity index (χ2v) is 13.5. The molecule has 0 aliphatic heterocycles. The third-order valence-electron chi connectivity index (χ3n) is 10.1. The molecule has 0 atom stereocenters. The summed E-state index contributed by atoms with van der Waals surface area (Å²) in [5, 5.41) is 24.0. The Hall–Kier alpha value is -6.46. The summed E-state index contributed by atoms with van der Waals surface area (Å²) < 4.78 is 3.89. The number of nitriles is 1. The largest absolute Gasteiger partial charge is 0.315 e. The fraction of sp³-hybridized carbons (Fsp3) is 0.217. The van der Waals surface area contributed by atoms with Gasteiger partial charge in [-0.25, -0.2) is 9.67 Å². The number of hydrogen-bond acceptors (Lipinski definition) is 6. The number of tetrazole rings is 1. The molecule has 8 heteroatoms. The fourth-order valence-corrected chi connectivity index (χ4v) is 7.35. The van der Waals surface area contributed by atoms with Gasteiger partial charge in [-0.15, -0.1) is 5.10 Å². The number of nitrogens with zero attached hydrogens (tertiary/aromatic N) is 7. The van der Waals surface area contributed by atoms with Gasteiger partial charge < -0.3 is 4.57 Å². The molecule has 0 N–H and O–H groups in total. The monoisotopic (exact) mass is 709 g/mol. The van der Waals surface area contributed by atoms with Gasteiger partial charge in [0.2, 0.25) is 0 Å². The van der Waals surface area contributed by atoms with E-state index in [2.05, 4.69) is 134 Å². The second-order valence-electron chi connectivity index (χ2n) is 13.5. The van der Waals surface area contributed by atoms with Crippen molar-refractivity contribution < 1.29 is 4.79 Å². The highest BCUT2D eigenvalue weighted by molar-refractivity contribution is 5.96. The first-order valence-corrected chi connectivity index (χ1v) is 18.8. The van der Waals surface area contributed by atoms with Gasteiger partial charge in [0.15, 0.2) is 17.3 Å². The Morgan fingerprint density at radius 1 is 0.704 bits per heavy atom. The van der Waals surface area contributed by atoms with Crippen LogP contribution >= 0.6 is 0 Å². The molecule has 0 saturated heterocycles. The lowest BCUT2D eigenvalue weighted by Crippen LogP contribution is -2.39. The van der Waals surface area contributed by atoms with Crippen molar-refractivity contribution in [2.75, 3.05) is 0 Å². The van der Waals surface area contributed by atoms with Gasteiger partial charge in [0.05, 0.1) is 6.54 Å². The van der Waals surface area contributed by atoms with Crippen molar-refractivity contribution in [1.82, 2.24) is 29.8 Å². The molecule has 54 heavy (non-hydrogen) atoms. The van der Waals surface area contributed by atoms with Gasteiger partial charge in [0.1, 0.15) is 23.1 Å². The summed E-state index contributed by atoms with van der Waals surface area (Å²) in [4.78, 5) is 17.8. The van der Waals surface area contributed by atoms with Crippen LogP contribution in [0.1, 0.15) is 90.2 Å². The molecule has 0 aliphatic carbocycles. The van der Waals surface area contributed by atoms with E-state index in [0.29, 0.717) is 36.6 Å². The number of aryl methyl sites for hydroxylation is 1. The van der Waals surface area contributed by atoms with Crippen molar-refractivity contribution >= 4 is 5.78 Å². The normalized spacial score (nSPS) is 11.4. The molecule has 0 unspecified atom stereocenters. The minimum absolute atomic E-state index is 0.0602. The van der Waals surface area contributed by atoms with E-state index in [1.807, 2.05) is 39.6 Å². The van der Waals surface area contributed by atoms with Crippen LogP contribution in [0.15, 0.2) is 140 Å². The summed E-state index contributed by atoms with van der Waals surface area (Å²) in [6.45, 7) is 4.64. The van der Waals surface area contributed by atoms with Crippen LogP contribution < -0.4 is 0 Å². The lowest BCUT2D eigenvalue weighted by Gasteiger charge is -2.36. The highest BCUT2D eigenvalue weighted by Gasteiger charge is 2.42. The number of aromatic nitrogens is 6. The van der Waals surface area contributed by atoms with Crippen molar-refractivity contribution in [3.63, 3.8) is 0 Å². The smallest absolute Gasteiger partial charge is 0.184 e. The van der Waals surface area contributed by atoms with E-state index in [-0.39, 0.29) is 5.78 Å². The quantitative estimate of drug-likeness (QED) is 0.0776. The van der Waals surface area contributed by atoms with Gasteiger partial charge in [-0.3, -0.25) is 4.79 Å². The molecule has 0 radical (unpaired) electrons. The first-order chi connectivity index (χ1) is 26.6. The number of rotatable bonds is 15. The molecule has 5 aromatic carbocycles. The second kappa shape index (κ2) is 16.5. The van der Waals surface area contributed by atoms with Crippen LogP contribution in [0, 0.1) is 11.3 Å². The van der Waals surface area contributed by atoms with Crippen LogP contribution in [0.4, 0.5) is 0 Å². The van der Waals surface area contributed by atoms with Gasteiger partial charge in [-0.2, -0.15) is 5.26 Å². The molecule has 8 nitrogen and oxygen atoms in total. The topological polar surface area (TPSA) is 102 Å². The summed E-state index contributed by atoms with van der Waals surface area (Å²) in [5.74, 6) is 1.35. The van der Waals surface area contributed by atoms with Crippen LogP contribution in [0.5, 0.6) is 0 Å². The molecule has 7 aromatic rings. The molecule has 268 valence electrons. The molecule has 7 rings (SSSR count). The summed E-state index contributed by atoms with van der Waals surface area (Å²) in [5.41, 5.74) is 6.75. The lowest BCUT2D eigenvalue weighted by atomic mass is 9.77. The number of Topliss-reactive ketones (excluding diaryl/α,β-unsaturated/α-hetero) is 1. The zero-order chi connectivity index (χ0) is 37.3. The molecule has 2 aromatic heterocycles. The Morgan fingerprint density at radius 2 is 1.26 bits per heavy atom. The molecule has 0 amide bonds. The Bertz CT molecular complexity index is 2260. The third kappa shape index (κ3) is 6.89. The average molecular weight is 710 g/mol. The van der Waals surface area contributed by atoms with Crippen LogP contribution in [-0.4, -0.2) is 35.5 Å². The van der Waals surface area contributed by atoms with Gasteiger partial charge in [-0.05, 0) is 56.6 Å². The van der Waals surface area contributed by atoms with Crippen LogP contribution in [-0.2, 0) is 18.5 Å². The summed E-state index contributed by atoms with van der Waals surface area (Å²) in [6, 6.07) is 50.1. The number of imidazole rings is 1. The molecule has 0 fully saturated rings. The zero-order valence-electron chi connectivity index (χ0n) is 30.8. The van der Waals surface area contributed by atoms with Gasteiger partial charge >= 0.3 is 0 Å². The molecular weight excluding hydrogens is 667 g/mol. The molecule has 2 heterocycles. The average Bonchev–Trinajstić information content (AvgIpc) is 3.86. The molecular formula is C46H43N7O. The van der Waals surface area contributed by atoms with E-state index in [9.17, 15) is 10.1 Å². The highest BCUT2D eigenvalue weighted by Crippen LogP contribution is 2.43. The maximum Gasteiger partial charge on any atom is 0.184 e. The zero-order valence-corrected chi connectivity index (χ0v) is 30.8. The van der Waals surface area contributed by atoms with Crippen molar-refractivity contribution in [1.29, 1.82) is 5.26 Å². The van der Waals surface area contributed by atoms with Crippen LogP contribution in [0.2, 0.25) is 0 Å². The summed E-state index contributed by atoms with van der Waals surface area (Å²) in [6.07, 6.45) is 4.73. The number of hydrogen-bond donors (Lipinski definition) is 0. The van der Waals surface area contributed by atoms with Crippen molar-refractivity contribution in [2.24, 2.45) is 0 Å². The number of carbonyl (C=O) groups excluding carboxylic acids is 1. The van der Waals surface area contributed by atoms with E-state index >= 15 is 0 Å². The molecule has 0 spiro atoms. The minimum Gasteiger partial charge on any atom is -0.315 e. The first kappa shape index (κ1) is 35.9. The number of benzene rings is 5. The standard InChI is InChI=1S/C46H43N7O/c1-3-5-26-42(54)44-41(32-47)52(43(48-44)27-6-4-2)33-34-28-30-35(31-29-34)39-24-16-17-25-40(39)45-49-50-51-53(45)46(36-18-10-7-11-19-36,37-20-12-8-13-21-37)38-22-14-9-15-23-38/h7-25,28-31H,3-6,26-27,33H2,1-2H3. The Balaban J connectivity index is 1.30. The SMILES string of the molecule is CCCCC(=O)c1nc(CCCC)n(Cc2ccc(-c3ccccc3-c3nnnn3C(c3ccccc3)(c3ccccc3)c3ccccc3)cc2)c1C#N. The van der Waals surface area contributed by atoms with Crippen LogP contribution in [0.25, 0.3) is 22.5 Å². The van der Waals surface area contributed by atoms with Crippen molar-refractivity contribution in [3.05, 3.63) is 179 Å². The van der Waals surface area contributed by atoms with Crippen LogP contribution in [0.3, 0.4) is 0 Å². The molecule has 0 bridgehead atoms. The number of unbranched alkanes of at least 4 members (excludes halogenated alkanes) is 2. The Kier molecular flexibility index (Phi) is 11.0. The van der Waals surface area contributed by atoms with E-state index in [1.165, 1.54) is 0 Å². The fourth-order valence-electron chi connectivity index (χ4n) is 7.35. The highest BCUT2D eigenvalue weighted by atomic mass is 16.1. The Labute approximate surface area is 316 Å².